The van der Waals surface area contributed by atoms with E-state index in [0.29, 0.717) is 6.04 Å². The first kappa shape index (κ1) is 13.4. The van der Waals surface area contributed by atoms with Crippen LogP contribution in [0.3, 0.4) is 0 Å². The average Bonchev–Trinajstić information content (AvgIpc) is 3.20. The first-order valence-corrected chi connectivity index (χ1v) is 7.61. The van der Waals surface area contributed by atoms with Gasteiger partial charge in [0, 0.05) is 37.6 Å². The molecule has 5 nitrogen and oxygen atoms in total. The van der Waals surface area contributed by atoms with E-state index in [1.165, 1.54) is 36.9 Å². The van der Waals surface area contributed by atoms with E-state index in [9.17, 15) is 0 Å². The normalized spacial score (nSPS) is 16.1. The van der Waals surface area contributed by atoms with Crippen molar-refractivity contribution in [2.75, 3.05) is 0 Å². The molecule has 0 spiro atoms. The number of nitrogens with one attached hydrogen (secondary N) is 1. The van der Waals surface area contributed by atoms with Crippen LogP contribution in [0.15, 0.2) is 24.7 Å². The van der Waals surface area contributed by atoms with Crippen molar-refractivity contribution >= 4 is 0 Å². The van der Waals surface area contributed by atoms with E-state index in [1.54, 1.807) is 0 Å². The minimum Gasteiger partial charge on any atom is -0.307 e. The summed E-state index contributed by atoms with van der Waals surface area (Å²) in [7, 11) is 0. The lowest BCUT2D eigenvalue weighted by atomic mass is 10.2. The molecule has 2 aromatic heterocycles. The van der Waals surface area contributed by atoms with Crippen LogP contribution in [-0.4, -0.2) is 19.6 Å². The highest BCUT2D eigenvalue weighted by Gasteiger charge is 2.17. The second-order valence-electron chi connectivity index (χ2n) is 5.51. The number of aromatic nitrogens is 4. The molecule has 0 saturated heterocycles. The Morgan fingerprint density at radius 2 is 2.10 bits per heavy atom. The smallest absolute Gasteiger partial charge is 0.0534 e. The second kappa shape index (κ2) is 6.22. The molecule has 0 atom stereocenters. The zero-order valence-corrected chi connectivity index (χ0v) is 12.1. The lowest BCUT2D eigenvalue weighted by molar-refractivity contribution is 0.466. The van der Waals surface area contributed by atoms with E-state index < -0.39 is 0 Å². The highest BCUT2D eigenvalue weighted by molar-refractivity contribution is 5.06. The third-order valence-electron chi connectivity index (χ3n) is 4.09. The van der Waals surface area contributed by atoms with E-state index in [-0.39, 0.29) is 0 Å². The van der Waals surface area contributed by atoms with Crippen molar-refractivity contribution < 1.29 is 0 Å². The van der Waals surface area contributed by atoms with Crippen molar-refractivity contribution in [3.8, 4) is 0 Å². The molecule has 3 rings (SSSR count). The van der Waals surface area contributed by atoms with Gasteiger partial charge >= 0.3 is 0 Å². The SMILES string of the molecule is CCn1nccc1CNCc1cnn(C2CCCC2)c1. The highest BCUT2D eigenvalue weighted by Crippen LogP contribution is 2.28. The maximum atomic E-state index is 4.51. The fourth-order valence-corrected chi connectivity index (χ4v) is 2.97. The van der Waals surface area contributed by atoms with Gasteiger partial charge in [-0.25, -0.2) is 0 Å². The Balaban J connectivity index is 1.51. The number of hydrogen-bond donors (Lipinski definition) is 1. The standard InChI is InChI=1S/C15H23N5/c1-2-19-15(7-8-17-19)11-16-9-13-10-18-20(12-13)14-5-3-4-6-14/h7-8,10,12,14,16H,2-6,9,11H2,1H3. The van der Waals surface area contributed by atoms with Crippen molar-refractivity contribution in [3.63, 3.8) is 0 Å². The van der Waals surface area contributed by atoms with Gasteiger partial charge in [-0.1, -0.05) is 12.8 Å². The molecule has 0 unspecified atom stereocenters. The Morgan fingerprint density at radius 3 is 2.90 bits per heavy atom. The summed E-state index contributed by atoms with van der Waals surface area (Å²) in [6.07, 6.45) is 11.3. The molecule has 1 saturated carbocycles. The quantitative estimate of drug-likeness (QED) is 0.879. The van der Waals surface area contributed by atoms with E-state index in [4.69, 9.17) is 0 Å². The zero-order valence-electron chi connectivity index (χ0n) is 12.1. The van der Waals surface area contributed by atoms with Crippen LogP contribution in [0.5, 0.6) is 0 Å². The van der Waals surface area contributed by atoms with Crippen LogP contribution in [0.4, 0.5) is 0 Å². The molecule has 0 bridgehead atoms. The fraction of sp³-hybridized carbons (Fsp3) is 0.600. The molecule has 1 N–H and O–H groups in total. The summed E-state index contributed by atoms with van der Waals surface area (Å²) in [6, 6.07) is 2.70. The Bertz CT molecular complexity index is 536. The van der Waals surface area contributed by atoms with Gasteiger partial charge in [0.05, 0.1) is 17.9 Å². The Hall–Kier alpha value is -1.62. The summed E-state index contributed by atoms with van der Waals surface area (Å²) in [5.74, 6) is 0. The van der Waals surface area contributed by atoms with Crippen LogP contribution in [0.2, 0.25) is 0 Å². The maximum absolute atomic E-state index is 4.51. The second-order valence-corrected chi connectivity index (χ2v) is 5.51. The van der Waals surface area contributed by atoms with Gasteiger partial charge in [-0.05, 0) is 25.8 Å². The Kier molecular flexibility index (Phi) is 4.16. The molecule has 0 aliphatic heterocycles. The molecule has 108 valence electrons. The van der Waals surface area contributed by atoms with Gasteiger partial charge in [0.15, 0.2) is 0 Å². The Labute approximate surface area is 120 Å². The van der Waals surface area contributed by atoms with E-state index in [1.807, 2.05) is 17.1 Å². The van der Waals surface area contributed by atoms with Gasteiger partial charge in [-0.3, -0.25) is 9.36 Å². The number of hydrogen-bond acceptors (Lipinski definition) is 3. The zero-order chi connectivity index (χ0) is 13.8. The van der Waals surface area contributed by atoms with Gasteiger partial charge in [0.2, 0.25) is 0 Å². The largest absolute Gasteiger partial charge is 0.307 e. The predicted octanol–water partition coefficient (Wildman–Crippen LogP) is 2.50. The van der Waals surface area contributed by atoms with Gasteiger partial charge in [-0.2, -0.15) is 10.2 Å². The van der Waals surface area contributed by atoms with E-state index in [2.05, 4.69) is 39.4 Å². The molecule has 2 heterocycles. The van der Waals surface area contributed by atoms with Crippen molar-refractivity contribution in [3.05, 3.63) is 35.9 Å². The Morgan fingerprint density at radius 1 is 1.25 bits per heavy atom. The summed E-state index contributed by atoms with van der Waals surface area (Å²) in [5.41, 5.74) is 2.50. The summed E-state index contributed by atoms with van der Waals surface area (Å²) >= 11 is 0. The average molecular weight is 273 g/mol. The topological polar surface area (TPSA) is 47.7 Å². The molecule has 0 radical (unpaired) electrons. The van der Waals surface area contributed by atoms with Gasteiger partial charge < -0.3 is 5.32 Å². The first-order valence-electron chi connectivity index (χ1n) is 7.61. The monoisotopic (exact) mass is 273 g/mol. The lowest BCUT2D eigenvalue weighted by Crippen LogP contribution is -2.16. The predicted molar refractivity (Wildman–Crippen MR) is 78.2 cm³/mol. The minimum absolute atomic E-state index is 0.630. The van der Waals surface area contributed by atoms with Gasteiger partial charge in [-0.15, -0.1) is 0 Å². The van der Waals surface area contributed by atoms with Crippen molar-refractivity contribution in [2.45, 2.75) is 58.3 Å². The van der Waals surface area contributed by atoms with Crippen LogP contribution in [0.25, 0.3) is 0 Å². The molecule has 0 aromatic carbocycles. The van der Waals surface area contributed by atoms with Crippen molar-refractivity contribution in [1.82, 2.24) is 24.9 Å². The summed E-state index contributed by atoms with van der Waals surface area (Å²) in [5, 5.41) is 12.3. The number of nitrogens with zero attached hydrogens (tertiary/aromatic N) is 4. The fourth-order valence-electron chi connectivity index (χ4n) is 2.97. The molecule has 5 heteroatoms. The molecular formula is C15H23N5. The van der Waals surface area contributed by atoms with Crippen molar-refractivity contribution in [1.29, 1.82) is 0 Å². The third kappa shape index (κ3) is 2.93. The molecule has 0 amide bonds. The summed E-state index contributed by atoms with van der Waals surface area (Å²) < 4.78 is 4.18. The summed E-state index contributed by atoms with van der Waals surface area (Å²) in [6.45, 7) is 4.75. The first-order chi connectivity index (χ1) is 9.86. The van der Waals surface area contributed by atoms with Crippen LogP contribution in [-0.2, 0) is 19.6 Å². The molecule has 1 fully saturated rings. The minimum atomic E-state index is 0.630. The molecule has 1 aliphatic rings. The van der Waals surface area contributed by atoms with Crippen LogP contribution < -0.4 is 5.32 Å². The van der Waals surface area contributed by atoms with E-state index >= 15 is 0 Å². The highest BCUT2D eigenvalue weighted by atomic mass is 15.3. The molecule has 20 heavy (non-hydrogen) atoms. The molecule has 1 aliphatic carbocycles. The maximum Gasteiger partial charge on any atom is 0.0534 e. The third-order valence-corrected chi connectivity index (χ3v) is 4.09. The lowest BCUT2D eigenvalue weighted by Gasteiger charge is -2.08. The molecular weight excluding hydrogens is 250 g/mol. The van der Waals surface area contributed by atoms with Gasteiger partial charge in [0.25, 0.3) is 0 Å². The van der Waals surface area contributed by atoms with E-state index in [0.717, 1.165) is 19.6 Å². The van der Waals surface area contributed by atoms with Gasteiger partial charge in [0.1, 0.15) is 0 Å². The molecule has 2 aromatic rings. The number of rotatable bonds is 6. The van der Waals surface area contributed by atoms with Crippen molar-refractivity contribution in [2.24, 2.45) is 0 Å². The summed E-state index contributed by atoms with van der Waals surface area (Å²) in [4.78, 5) is 0. The van der Waals surface area contributed by atoms with Crippen LogP contribution in [0.1, 0.15) is 49.9 Å². The number of aryl methyl sites for hydroxylation is 1. The van der Waals surface area contributed by atoms with Crippen LogP contribution in [0, 0.1) is 0 Å². The van der Waals surface area contributed by atoms with Crippen LogP contribution >= 0.6 is 0 Å².